The summed E-state index contributed by atoms with van der Waals surface area (Å²) >= 11 is 0. The lowest BCUT2D eigenvalue weighted by molar-refractivity contribution is 0.0152. The van der Waals surface area contributed by atoms with Gasteiger partial charge in [-0.15, -0.1) is 0 Å². The molecule has 0 aliphatic rings. The molecule has 2 aromatic carbocycles. The third-order valence-corrected chi connectivity index (χ3v) is 7.83. The monoisotopic (exact) mass is 556 g/mol. The fourth-order valence-electron chi connectivity index (χ4n) is 5.39. The second kappa shape index (κ2) is 11.4. The highest BCUT2D eigenvalue weighted by atomic mass is 16.5. The van der Waals surface area contributed by atoms with Gasteiger partial charge in [-0.1, -0.05) is 68.4 Å². The predicted octanol–water partition coefficient (Wildman–Crippen LogP) is 7.69. The molecule has 0 spiro atoms. The van der Waals surface area contributed by atoms with Crippen LogP contribution in [0, 0.1) is 5.92 Å². The first kappa shape index (κ1) is 29.8. The molecule has 0 saturated carbocycles. The Labute approximate surface area is 242 Å². The Bertz CT molecular complexity index is 1460. The average molecular weight is 557 g/mol. The highest BCUT2D eigenvalue weighted by molar-refractivity contribution is 5.67. The molecular weight excluding hydrogens is 516 g/mol. The van der Waals surface area contributed by atoms with Crippen LogP contribution in [-0.2, 0) is 17.6 Å². The van der Waals surface area contributed by atoms with Crippen LogP contribution in [0.3, 0.4) is 0 Å². The average Bonchev–Trinajstić information content (AvgIpc) is 3.43. The van der Waals surface area contributed by atoms with Crippen molar-refractivity contribution in [3.8, 4) is 17.1 Å². The van der Waals surface area contributed by atoms with E-state index in [1.54, 1.807) is 20.0 Å². The normalized spacial score (nSPS) is 13.6. The lowest BCUT2D eigenvalue weighted by Crippen LogP contribution is -2.55. The molecule has 8 nitrogen and oxygen atoms in total. The first-order valence-corrected chi connectivity index (χ1v) is 13.9. The zero-order chi connectivity index (χ0) is 30.0. The van der Waals surface area contributed by atoms with Gasteiger partial charge >= 0.3 is 6.09 Å². The third kappa shape index (κ3) is 6.11. The van der Waals surface area contributed by atoms with Gasteiger partial charge in [-0.25, -0.2) is 4.79 Å². The molecule has 1 atom stereocenters. The van der Waals surface area contributed by atoms with E-state index < -0.39 is 17.2 Å². The minimum Gasteiger partial charge on any atom is -0.487 e. The Morgan fingerprint density at radius 1 is 0.927 bits per heavy atom. The van der Waals surface area contributed by atoms with Crippen LogP contribution in [-0.4, -0.2) is 36.8 Å². The molecule has 2 aromatic heterocycles. The van der Waals surface area contributed by atoms with Crippen LogP contribution < -0.4 is 4.74 Å². The summed E-state index contributed by atoms with van der Waals surface area (Å²) in [5.41, 5.74) is 2.10. The summed E-state index contributed by atoms with van der Waals surface area (Å²) in [6, 6.07) is 22.2. The maximum absolute atomic E-state index is 12.1. The molecule has 4 rings (SSSR count). The van der Waals surface area contributed by atoms with Gasteiger partial charge in [0.1, 0.15) is 17.9 Å². The maximum Gasteiger partial charge on any atom is 0.408 e. The van der Waals surface area contributed by atoms with E-state index in [4.69, 9.17) is 9.26 Å². The summed E-state index contributed by atoms with van der Waals surface area (Å²) in [5, 5.41) is 14.1. The molecule has 8 heteroatoms. The molecular formula is C33H40N4O4. The summed E-state index contributed by atoms with van der Waals surface area (Å²) < 4.78 is 11.5. The molecule has 4 aromatic rings. The molecule has 1 unspecified atom stereocenters. The van der Waals surface area contributed by atoms with Gasteiger partial charge in [0, 0.05) is 22.7 Å². The fourth-order valence-corrected chi connectivity index (χ4v) is 5.39. The first-order chi connectivity index (χ1) is 19.2. The van der Waals surface area contributed by atoms with Gasteiger partial charge in [0.25, 0.3) is 5.89 Å². The van der Waals surface area contributed by atoms with E-state index in [1.165, 1.54) is 10.5 Å². The zero-order valence-corrected chi connectivity index (χ0v) is 25.2. The zero-order valence-electron chi connectivity index (χ0n) is 25.2. The molecule has 0 aliphatic heterocycles. The SMILES string of the molecule is CC(C)C(C)(c1ccc(OCc2ccccn2)cc1)c1ccc(-c2noc(C(C)(C)N(C(=O)O)C(C)(C)C)n2)cc1. The van der Waals surface area contributed by atoms with E-state index >= 15 is 0 Å². The van der Waals surface area contributed by atoms with Crippen molar-refractivity contribution in [3.63, 3.8) is 0 Å². The van der Waals surface area contributed by atoms with E-state index in [2.05, 4.69) is 60.2 Å². The molecule has 2 heterocycles. The van der Waals surface area contributed by atoms with E-state index in [9.17, 15) is 9.90 Å². The largest absolute Gasteiger partial charge is 0.487 e. The quantitative estimate of drug-likeness (QED) is 0.225. The van der Waals surface area contributed by atoms with Crippen LogP contribution in [0.4, 0.5) is 4.79 Å². The molecule has 0 fully saturated rings. The number of aromatic nitrogens is 3. The predicted molar refractivity (Wildman–Crippen MR) is 159 cm³/mol. The van der Waals surface area contributed by atoms with Crippen molar-refractivity contribution in [2.75, 3.05) is 0 Å². The van der Waals surface area contributed by atoms with Crippen molar-refractivity contribution in [2.24, 2.45) is 5.92 Å². The second-order valence-corrected chi connectivity index (χ2v) is 12.3. The number of pyridine rings is 1. The molecule has 0 aliphatic carbocycles. The minimum atomic E-state index is -1.05. The molecule has 41 heavy (non-hydrogen) atoms. The van der Waals surface area contributed by atoms with E-state index in [1.807, 2.05) is 63.2 Å². The number of hydrogen-bond donors (Lipinski definition) is 1. The minimum absolute atomic E-state index is 0.242. The molecule has 0 saturated heterocycles. The van der Waals surface area contributed by atoms with Crippen molar-refractivity contribution < 1.29 is 19.2 Å². The van der Waals surface area contributed by atoms with Gasteiger partial charge in [0.05, 0.1) is 5.69 Å². The van der Waals surface area contributed by atoms with Crippen molar-refractivity contribution in [2.45, 2.75) is 78.5 Å². The summed E-state index contributed by atoms with van der Waals surface area (Å²) in [5.74, 6) is 1.76. The third-order valence-electron chi connectivity index (χ3n) is 7.83. The summed E-state index contributed by atoms with van der Waals surface area (Å²) in [6.45, 7) is 16.2. The number of nitrogens with zero attached hydrogens (tertiary/aromatic N) is 4. The van der Waals surface area contributed by atoms with Gasteiger partial charge < -0.3 is 14.4 Å². The number of ether oxygens (including phenoxy) is 1. The molecule has 0 radical (unpaired) electrons. The first-order valence-electron chi connectivity index (χ1n) is 13.9. The Hall–Kier alpha value is -4.20. The van der Waals surface area contributed by atoms with E-state index in [0.29, 0.717) is 18.3 Å². The van der Waals surface area contributed by atoms with Crippen molar-refractivity contribution >= 4 is 6.09 Å². The molecule has 1 N–H and O–H groups in total. The van der Waals surface area contributed by atoms with Gasteiger partial charge in [-0.2, -0.15) is 4.98 Å². The van der Waals surface area contributed by atoms with E-state index in [0.717, 1.165) is 22.6 Å². The number of hydrogen-bond acceptors (Lipinski definition) is 6. The smallest absolute Gasteiger partial charge is 0.408 e. The van der Waals surface area contributed by atoms with Crippen molar-refractivity contribution in [1.82, 2.24) is 20.0 Å². The Morgan fingerprint density at radius 2 is 1.54 bits per heavy atom. The molecule has 1 amide bonds. The molecule has 0 bridgehead atoms. The van der Waals surface area contributed by atoms with Crippen LogP contribution in [0.2, 0.25) is 0 Å². The van der Waals surface area contributed by atoms with Crippen LogP contribution in [0.1, 0.15) is 78.1 Å². The van der Waals surface area contributed by atoms with Gasteiger partial charge in [-0.05, 0) is 75.9 Å². The number of carboxylic acid groups (broad SMARTS) is 1. The lowest BCUT2D eigenvalue weighted by Gasteiger charge is -2.42. The van der Waals surface area contributed by atoms with E-state index in [-0.39, 0.29) is 11.3 Å². The van der Waals surface area contributed by atoms with Crippen LogP contribution in [0.15, 0.2) is 77.4 Å². The molecule has 216 valence electrons. The summed E-state index contributed by atoms with van der Waals surface area (Å²) in [7, 11) is 0. The maximum atomic E-state index is 12.1. The van der Waals surface area contributed by atoms with Gasteiger partial charge in [-0.3, -0.25) is 9.88 Å². The number of benzene rings is 2. The number of carbonyl (C=O) groups is 1. The number of amides is 1. The Kier molecular flexibility index (Phi) is 8.24. The highest BCUT2D eigenvalue weighted by Gasteiger charge is 2.44. The van der Waals surface area contributed by atoms with Crippen molar-refractivity contribution in [1.29, 1.82) is 0 Å². The topological polar surface area (TPSA) is 102 Å². The fraction of sp³-hybridized carbons (Fsp3) is 0.394. The van der Waals surface area contributed by atoms with Gasteiger partial charge in [0.2, 0.25) is 5.82 Å². The second-order valence-electron chi connectivity index (χ2n) is 12.3. The van der Waals surface area contributed by atoms with Crippen LogP contribution >= 0.6 is 0 Å². The number of rotatable bonds is 9. The highest BCUT2D eigenvalue weighted by Crippen LogP contribution is 2.40. The summed E-state index contributed by atoms with van der Waals surface area (Å²) in [4.78, 5) is 22.3. The summed E-state index contributed by atoms with van der Waals surface area (Å²) in [6.07, 6.45) is 0.715. The van der Waals surface area contributed by atoms with Crippen LogP contribution in [0.25, 0.3) is 11.4 Å². The Morgan fingerprint density at radius 3 is 2.05 bits per heavy atom. The van der Waals surface area contributed by atoms with Crippen molar-refractivity contribution in [3.05, 3.63) is 95.6 Å². The van der Waals surface area contributed by atoms with Gasteiger partial charge in [0.15, 0.2) is 0 Å². The Balaban J connectivity index is 1.56. The lowest BCUT2D eigenvalue weighted by atomic mass is 9.68. The van der Waals surface area contributed by atoms with Crippen LogP contribution in [0.5, 0.6) is 5.75 Å². The standard InChI is InChI=1S/C33H40N4O4/c1-22(2)33(8,25-16-18-27(19-17-25)40-21-26-11-9-10-20-34-26)24-14-12-23(13-15-24)28-35-29(41-36-28)32(6,7)37(30(38)39)31(3,4)5/h9-20,22H,21H2,1-8H3,(H,38,39).